The molecular formula is C26H32BrNO7S. The third-order valence-electron chi connectivity index (χ3n) is 6.44. The maximum Gasteiger partial charge on any atom is 0.336 e. The van der Waals surface area contributed by atoms with Gasteiger partial charge in [0.1, 0.15) is 12.5 Å². The van der Waals surface area contributed by atoms with Crippen molar-refractivity contribution < 1.29 is 33.3 Å². The Morgan fingerprint density at radius 2 is 1.83 bits per heavy atom. The lowest BCUT2D eigenvalue weighted by Gasteiger charge is -2.38. The molecule has 0 fully saturated rings. The van der Waals surface area contributed by atoms with Gasteiger partial charge in [-0.2, -0.15) is 11.8 Å². The van der Waals surface area contributed by atoms with Gasteiger partial charge in [-0.1, -0.05) is 29.8 Å². The number of allylic oxidation sites excluding steroid dienone is 3. The number of thioether (sulfide) groups is 1. The summed E-state index contributed by atoms with van der Waals surface area (Å²) < 4.78 is 22.2. The second kappa shape index (κ2) is 12.2. The third kappa shape index (κ3) is 5.44. The van der Waals surface area contributed by atoms with Gasteiger partial charge in [0.15, 0.2) is 17.3 Å². The molecular weight excluding hydrogens is 550 g/mol. The Labute approximate surface area is 224 Å². The van der Waals surface area contributed by atoms with Gasteiger partial charge in [0.05, 0.1) is 26.9 Å². The van der Waals surface area contributed by atoms with E-state index in [0.29, 0.717) is 56.2 Å². The molecule has 0 spiro atoms. The normalized spacial score (nSPS) is 21.5. The minimum absolute atomic E-state index is 0.246. The number of ketones is 1. The van der Waals surface area contributed by atoms with Crippen LogP contribution < -0.4 is 14.8 Å². The van der Waals surface area contributed by atoms with Crippen molar-refractivity contribution in [1.29, 1.82) is 0 Å². The van der Waals surface area contributed by atoms with Crippen LogP contribution in [0.2, 0.25) is 0 Å². The Morgan fingerprint density at radius 1 is 1.17 bits per heavy atom. The van der Waals surface area contributed by atoms with Crippen LogP contribution in [0.3, 0.4) is 0 Å². The summed E-state index contributed by atoms with van der Waals surface area (Å²) in [7, 11) is 4.32. The number of carbonyl (C=O) groups excluding carboxylic acids is 3. The van der Waals surface area contributed by atoms with Gasteiger partial charge in [-0.15, -0.1) is 0 Å². The van der Waals surface area contributed by atoms with Crippen LogP contribution in [0.1, 0.15) is 38.7 Å². The lowest BCUT2D eigenvalue weighted by molar-refractivity contribution is -0.151. The molecule has 1 aromatic rings. The van der Waals surface area contributed by atoms with E-state index in [1.54, 1.807) is 30.8 Å². The first kappa shape index (κ1) is 28.1. The number of hydrogen-bond donors (Lipinski definition) is 1. The standard InChI is InChI=1S/C26H32BrNO7S/c1-7-36-9-8-35-26(31)21-14(3)28-17-10-13(2)20(25(30)34-6)24(29)23(17)22(21)15-11-18(32-4)19(33-5)12-16(15)27/h11-13,20,22,28H,7-10H2,1-6H3/t13-,20+,22+/m0/s1. The van der Waals surface area contributed by atoms with Crippen LogP contribution in [-0.2, 0) is 23.9 Å². The number of ether oxygens (including phenoxy) is 4. The highest BCUT2D eigenvalue weighted by Crippen LogP contribution is 2.49. The van der Waals surface area contributed by atoms with Gasteiger partial charge < -0.3 is 24.3 Å². The SMILES string of the molecule is CCSCCOC(=O)C1=C(C)NC2=C(C(=O)[C@H](C(=O)OC)[C@@H](C)C2)[C@@H]1c1cc(OC)c(OC)cc1Br. The smallest absolute Gasteiger partial charge is 0.336 e. The topological polar surface area (TPSA) is 100 Å². The van der Waals surface area contributed by atoms with Crippen LogP contribution in [0.4, 0.5) is 0 Å². The Bertz CT molecular complexity index is 1110. The number of esters is 2. The van der Waals surface area contributed by atoms with Crippen LogP contribution >= 0.6 is 27.7 Å². The maximum atomic E-state index is 13.9. The van der Waals surface area contributed by atoms with E-state index in [2.05, 4.69) is 21.2 Å². The maximum absolute atomic E-state index is 13.9. The van der Waals surface area contributed by atoms with E-state index in [9.17, 15) is 14.4 Å². The number of nitrogens with one attached hydrogen (secondary N) is 1. The van der Waals surface area contributed by atoms with Crippen LogP contribution in [-0.4, -0.2) is 57.2 Å². The molecule has 1 N–H and O–H groups in total. The zero-order valence-electron chi connectivity index (χ0n) is 21.4. The van der Waals surface area contributed by atoms with Gasteiger partial charge in [-0.25, -0.2) is 4.79 Å². The number of carbonyl (C=O) groups is 3. The summed E-state index contributed by atoms with van der Waals surface area (Å²) in [4.78, 5) is 39.9. The third-order valence-corrected chi connectivity index (χ3v) is 7.99. The molecule has 10 heteroatoms. The fourth-order valence-corrected chi connectivity index (χ4v) is 5.81. The molecule has 8 nitrogen and oxygen atoms in total. The highest BCUT2D eigenvalue weighted by atomic mass is 79.9. The van der Waals surface area contributed by atoms with Crippen LogP contribution in [0.15, 0.2) is 39.1 Å². The highest BCUT2D eigenvalue weighted by Gasteiger charge is 2.47. The van der Waals surface area contributed by atoms with Gasteiger partial charge >= 0.3 is 11.9 Å². The van der Waals surface area contributed by atoms with E-state index >= 15 is 0 Å². The monoisotopic (exact) mass is 581 g/mol. The summed E-state index contributed by atoms with van der Waals surface area (Å²) in [6, 6.07) is 3.48. The van der Waals surface area contributed by atoms with Crippen molar-refractivity contribution in [1.82, 2.24) is 5.32 Å². The largest absolute Gasteiger partial charge is 0.493 e. The van der Waals surface area contributed by atoms with E-state index in [-0.39, 0.29) is 18.3 Å². The molecule has 0 bridgehead atoms. The second-order valence-electron chi connectivity index (χ2n) is 8.60. The lowest BCUT2D eigenvalue weighted by atomic mass is 9.69. The van der Waals surface area contributed by atoms with Crippen molar-refractivity contribution in [3.8, 4) is 11.5 Å². The zero-order chi connectivity index (χ0) is 26.6. The molecule has 0 saturated carbocycles. The molecule has 2 aliphatic rings. The van der Waals surface area contributed by atoms with E-state index in [0.717, 1.165) is 5.75 Å². The molecule has 1 aliphatic heterocycles. The average molecular weight is 583 g/mol. The summed E-state index contributed by atoms with van der Waals surface area (Å²) in [6.45, 7) is 5.93. The first-order valence-corrected chi connectivity index (χ1v) is 13.6. The van der Waals surface area contributed by atoms with Crippen molar-refractivity contribution in [2.45, 2.75) is 33.1 Å². The van der Waals surface area contributed by atoms with E-state index in [1.807, 2.05) is 13.8 Å². The molecule has 1 heterocycles. The van der Waals surface area contributed by atoms with Crippen molar-refractivity contribution in [2.24, 2.45) is 11.8 Å². The number of dihydropyridines is 1. The second-order valence-corrected chi connectivity index (χ2v) is 10.8. The van der Waals surface area contributed by atoms with E-state index in [1.165, 1.54) is 21.3 Å². The quantitative estimate of drug-likeness (QED) is 0.258. The first-order chi connectivity index (χ1) is 17.2. The van der Waals surface area contributed by atoms with Gasteiger partial charge in [-0.3, -0.25) is 9.59 Å². The molecule has 1 aromatic carbocycles. The Balaban J connectivity index is 2.19. The summed E-state index contributed by atoms with van der Waals surface area (Å²) in [5, 5.41) is 3.27. The molecule has 1 aliphatic carbocycles. The minimum Gasteiger partial charge on any atom is -0.493 e. The van der Waals surface area contributed by atoms with Gasteiger partial charge in [0.2, 0.25) is 0 Å². The van der Waals surface area contributed by atoms with E-state index < -0.39 is 23.8 Å². The molecule has 0 aromatic heterocycles. The lowest BCUT2D eigenvalue weighted by Crippen LogP contribution is -2.43. The Kier molecular flexibility index (Phi) is 9.52. The van der Waals surface area contributed by atoms with Crippen LogP contribution in [0.25, 0.3) is 0 Å². The minimum atomic E-state index is -0.964. The van der Waals surface area contributed by atoms with Crippen LogP contribution in [0.5, 0.6) is 11.5 Å². The fourth-order valence-electron chi connectivity index (χ4n) is 4.77. The molecule has 3 atom stereocenters. The summed E-state index contributed by atoms with van der Waals surface area (Å²) in [5.41, 5.74) is 2.59. The first-order valence-electron chi connectivity index (χ1n) is 11.7. The van der Waals surface area contributed by atoms with Crippen molar-refractivity contribution in [3.63, 3.8) is 0 Å². The Hall–Kier alpha value is -2.46. The predicted octanol–water partition coefficient (Wildman–Crippen LogP) is 4.38. The van der Waals surface area contributed by atoms with Crippen molar-refractivity contribution in [2.75, 3.05) is 39.4 Å². The molecule has 0 radical (unpaired) electrons. The van der Waals surface area contributed by atoms with Crippen molar-refractivity contribution in [3.05, 3.63) is 44.7 Å². The predicted molar refractivity (Wildman–Crippen MR) is 141 cm³/mol. The van der Waals surface area contributed by atoms with E-state index in [4.69, 9.17) is 18.9 Å². The number of benzene rings is 1. The fraction of sp³-hybridized carbons (Fsp3) is 0.500. The number of Topliss-reactive ketones (excluding diaryl/α,β-unsaturated/α-hetero) is 1. The van der Waals surface area contributed by atoms with Gasteiger partial charge in [0, 0.05) is 33.1 Å². The van der Waals surface area contributed by atoms with Crippen LogP contribution in [0, 0.1) is 11.8 Å². The molecule has 0 unspecified atom stereocenters. The zero-order valence-corrected chi connectivity index (χ0v) is 23.8. The summed E-state index contributed by atoms with van der Waals surface area (Å²) >= 11 is 5.27. The number of hydrogen-bond acceptors (Lipinski definition) is 9. The van der Waals surface area contributed by atoms with Crippen molar-refractivity contribution >= 4 is 45.4 Å². The van der Waals surface area contributed by atoms with Gasteiger partial charge in [-0.05, 0) is 42.7 Å². The molecule has 36 heavy (non-hydrogen) atoms. The molecule has 3 rings (SSSR count). The number of rotatable bonds is 9. The highest BCUT2D eigenvalue weighted by molar-refractivity contribution is 9.10. The molecule has 0 amide bonds. The molecule has 0 saturated heterocycles. The van der Waals surface area contributed by atoms with Gasteiger partial charge in [0.25, 0.3) is 0 Å². The number of halogens is 1. The Morgan fingerprint density at radius 3 is 2.44 bits per heavy atom. The molecule has 196 valence electrons. The summed E-state index contributed by atoms with van der Waals surface area (Å²) in [6.07, 6.45) is 0.453. The number of methoxy groups -OCH3 is 3. The summed E-state index contributed by atoms with van der Waals surface area (Å²) in [5.74, 6) is -0.959. The average Bonchev–Trinajstić information content (AvgIpc) is 2.85.